The van der Waals surface area contributed by atoms with Gasteiger partial charge in [-0.2, -0.15) is 0 Å². The molecule has 6 nitrogen and oxygen atoms in total. The van der Waals surface area contributed by atoms with Gasteiger partial charge in [0.15, 0.2) is 0 Å². The summed E-state index contributed by atoms with van der Waals surface area (Å²) in [4.78, 5) is 34.9. The van der Waals surface area contributed by atoms with Crippen LogP contribution in [0.1, 0.15) is 47.2 Å². The molecule has 0 aliphatic rings. The Morgan fingerprint density at radius 1 is 1.00 bits per heavy atom. The molecule has 0 unspecified atom stereocenters. The van der Waals surface area contributed by atoms with Crippen molar-refractivity contribution in [3.63, 3.8) is 0 Å². The van der Waals surface area contributed by atoms with Crippen molar-refractivity contribution in [3.8, 4) is 11.5 Å². The fraction of sp³-hybridized carbons (Fsp3) is 0.320. The molecule has 2 aromatic carbocycles. The summed E-state index contributed by atoms with van der Waals surface area (Å²) in [5.74, 6) is 0.242. The van der Waals surface area contributed by atoms with Gasteiger partial charge in [0.2, 0.25) is 0 Å². The molecule has 0 aliphatic heterocycles. The van der Waals surface area contributed by atoms with E-state index >= 15 is 0 Å². The van der Waals surface area contributed by atoms with Gasteiger partial charge in [-0.1, -0.05) is 12.6 Å². The first-order valence-electron chi connectivity index (χ1n) is 10.4. The summed E-state index contributed by atoms with van der Waals surface area (Å²) in [6.07, 6.45) is 6.35. The Labute approximate surface area is 191 Å². The van der Waals surface area contributed by atoms with E-state index in [0.717, 1.165) is 30.4 Å². The topological polar surface area (TPSA) is 78.9 Å². The third kappa shape index (κ3) is 8.51. The Morgan fingerprint density at radius 3 is 2.41 bits per heavy atom. The summed E-state index contributed by atoms with van der Waals surface area (Å²) < 4.78 is 15.8. The first-order chi connectivity index (χ1) is 15.4. The van der Waals surface area contributed by atoms with Crippen molar-refractivity contribution < 1.29 is 28.6 Å². The van der Waals surface area contributed by atoms with E-state index in [4.69, 9.17) is 9.47 Å². The van der Waals surface area contributed by atoms with Crippen LogP contribution in [0.3, 0.4) is 0 Å². The van der Waals surface area contributed by atoms with Crippen LogP contribution in [0.25, 0.3) is 6.08 Å². The quantitative estimate of drug-likeness (QED) is 0.154. The molecule has 0 saturated heterocycles. The summed E-state index contributed by atoms with van der Waals surface area (Å²) in [5.41, 5.74) is 1.99. The summed E-state index contributed by atoms with van der Waals surface area (Å²) in [6.45, 7) is 4.31. The molecule has 0 heterocycles. The van der Waals surface area contributed by atoms with Crippen molar-refractivity contribution in [1.82, 2.24) is 0 Å². The van der Waals surface area contributed by atoms with Gasteiger partial charge in [0.1, 0.15) is 26.4 Å². The van der Waals surface area contributed by atoms with Crippen LogP contribution < -0.4 is 9.47 Å². The van der Waals surface area contributed by atoms with Crippen molar-refractivity contribution in [2.24, 2.45) is 0 Å². The summed E-state index contributed by atoms with van der Waals surface area (Å²) in [6, 6.07) is 12.1. The Balaban J connectivity index is 1.83. The molecule has 0 atom stereocenters. The van der Waals surface area contributed by atoms with Gasteiger partial charge in [-0.15, -0.1) is 0 Å². The minimum atomic E-state index is -0.459. The first-order valence-corrected chi connectivity index (χ1v) is 11.9. The summed E-state index contributed by atoms with van der Waals surface area (Å²) in [7, 11) is 1.70. The van der Waals surface area contributed by atoms with E-state index < -0.39 is 11.9 Å². The van der Waals surface area contributed by atoms with E-state index in [1.165, 1.54) is 13.2 Å². The molecule has 0 saturated carbocycles. The van der Waals surface area contributed by atoms with Crippen LogP contribution in [0.2, 0.25) is 6.55 Å². The van der Waals surface area contributed by atoms with Crippen LogP contribution >= 0.6 is 0 Å². The summed E-state index contributed by atoms with van der Waals surface area (Å²) >= 11 is 0. The molecule has 32 heavy (non-hydrogen) atoms. The van der Waals surface area contributed by atoms with Crippen LogP contribution in [0.4, 0.5) is 0 Å². The predicted octanol–water partition coefficient (Wildman–Crippen LogP) is 4.62. The monoisotopic (exact) mass is 452 g/mol. The Hall–Kier alpha value is -3.19. The van der Waals surface area contributed by atoms with Crippen LogP contribution in [0, 0.1) is 6.92 Å². The van der Waals surface area contributed by atoms with Gasteiger partial charge in [-0.25, -0.2) is 9.59 Å². The number of ether oxygens (including phenoxy) is 3. The van der Waals surface area contributed by atoms with Crippen LogP contribution in [0.5, 0.6) is 11.5 Å². The number of methoxy groups -OCH3 is 1. The molecule has 2 rings (SSSR count). The molecular formula is C25H28O6Si. The molecule has 0 aliphatic carbocycles. The average molecular weight is 453 g/mol. The van der Waals surface area contributed by atoms with Gasteiger partial charge in [0.05, 0.1) is 19.3 Å². The SMILES string of the molecule is COC(=O)/C=C/c1ccc(OC(=O)c2ccc(OCCCCCC(=O)[Si]C)cc2)c(C)c1. The standard InChI is InChI=1S/C25H28O6Si/c1-18-17-19(9-15-23(26)29-2)8-14-22(18)31-25(28)20-10-12-21(13-11-20)30-16-6-4-5-7-24(27)32-3/h8-15,17H,4-7,16H2,1-3H3/b15-9+. The molecule has 2 radical (unpaired) electrons. The number of hydrogen-bond acceptors (Lipinski definition) is 6. The minimum absolute atomic E-state index is 0.329. The molecule has 0 fully saturated rings. The second-order valence-electron chi connectivity index (χ2n) is 7.13. The highest BCUT2D eigenvalue weighted by molar-refractivity contribution is 6.72. The number of unbranched alkanes of at least 4 members (excludes halogenated alkanes) is 2. The average Bonchev–Trinajstić information content (AvgIpc) is 2.81. The fourth-order valence-electron chi connectivity index (χ4n) is 2.85. The van der Waals surface area contributed by atoms with Gasteiger partial charge in [-0.05, 0) is 79.8 Å². The van der Waals surface area contributed by atoms with E-state index in [0.29, 0.717) is 45.0 Å². The maximum atomic E-state index is 12.5. The lowest BCUT2D eigenvalue weighted by atomic mass is 10.1. The van der Waals surface area contributed by atoms with Crippen LogP contribution in [-0.4, -0.2) is 40.6 Å². The molecule has 0 aromatic heterocycles. The predicted molar refractivity (Wildman–Crippen MR) is 124 cm³/mol. The molecule has 168 valence electrons. The minimum Gasteiger partial charge on any atom is -0.494 e. The fourth-order valence-corrected chi connectivity index (χ4v) is 3.28. The molecular weight excluding hydrogens is 424 g/mol. The zero-order chi connectivity index (χ0) is 23.3. The largest absolute Gasteiger partial charge is 0.494 e. The molecule has 2 aromatic rings. The third-order valence-electron chi connectivity index (χ3n) is 4.70. The molecule has 0 bridgehead atoms. The molecule has 0 spiro atoms. The van der Waals surface area contributed by atoms with E-state index in [1.54, 1.807) is 42.5 Å². The lowest BCUT2D eigenvalue weighted by Gasteiger charge is -2.09. The molecule has 0 amide bonds. The molecule has 7 heteroatoms. The van der Waals surface area contributed by atoms with Gasteiger partial charge in [0, 0.05) is 12.5 Å². The number of aryl methyl sites for hydroxylation is 1. The third-order valence-corrected chi connectivity index (χ3v) is 5.51. The highest BCUT2D eigenvalue weighted by Gasteiger charge is 2.11. The number of rotatable bonds is 12. The number of carbonyl (C=O) groups excluding carboxylic acids is 3. The summed E-state index contributed by atoms with van der Waals surface area (Å²) in [5, 5.41) is 0.329. The van der Waals surface area contributed by atoms with E-state index in [-0.39, 0.29) is 0 Å². The Kier molecular flexibility index (Phi) is 10.4. The van der Waals surface area contributed by atoms with E-state index in [1.807, 2.05) is 19.5 Å². The van der Waals surface area contributed by atoms with E-state index in [9.17, 15) is 14.4 Å². The number of benzene rings is 2. The number of carbonyl (C=O) groups is 3. The van der Waals surface area contributed by atoms with Gasteiger partial charge in [-0.3, -0.25) is 0 Å². The zero-order valence-corrected chi connectivity index (χ0v) is 19.7. The lowest BCUT2D eigenvalue weighted by molar-refractivity contribution is -0.134. The van der Waals surface area contributed by atoms with Gasteiger partial charge in [0.25, 0.3) is 0 Å². The first kappa shape index (κ1) is 25.1. The van der Waals surface area contributed by atoms with Crippen molar-refractivity contribution in [1.29, 1.82) is 0 Å². The van der Waals surface area contributed by atoms with Crippen molar-refractivity contribution >= 4 is 32.9 Å². The van der Waals surface area contributed by atoms with Crippen LogP contribution in [0.15, 0.2) is 48.5 Å². The zero-order valence-electron chi connectivity index (χ0n) is 18.7. The second-order valence-corrected chi connectivity index (χ2v) is 8.19. The highest BCUT2D eigenvalue weighted by Crippen LogP contribution is 2.22. The smallest absolute Gasteiger partial charge is 0.343 e. The van der Waals surface area contributed by atoms with Gasteiger partial charge < -0.3 is 19.0 Å². The number of hydrogen-bond donors (Lipinski definition) is 0. The number of esters is 2. The molecule has 0 N–H and O–H groups in total. The highest BCUT2D eigenvalue weighted by atomic mass is 28.2. The normalized spacial score (nSPS) is 10.7. The Morgan fingerprint density at radius 2 is 1.75 bits per heavy atom. The van der Waals surface area contributed by atoms with Crippen molar-refractivity contribution in [3.05, 3.63) is 65.2 Å². The van der Waals surface area contributed by atoms with Crippen molar-refractivity contribution in [2.75, 3.05) is 13.7 Å². The maximum absolute atomic E-state index is 12.5. The second kappa shape index (κ2) is 13.3. The maximum Gasteiger partial charge on any atom is 0.343 e. The van der Waals surface area contributed by atoms with Crippen molar-refractivity contribution in [2.45, 2.75) is 39.2 Å². The Bertz CT molecular complexity index is 949. The van der Waals surface area contributed by atoms with Gasteiger partial charge >= 0.3 is 11.9 Å². The van der Waals surface area contributed by atoms with E-state index in [2.05, 4.69) is 4.74 Å². The lowest BCUT2D eigenvalue weighted by Crippen LogP contribution is -2.09. The van der Waals surface area contributed by atoms with Crippen LogP contribution in [-0.2, 0) is 14.3 Å².